The molecule has 156 valence electrons. The summed E-state index contributed by atoms with van der Waals surface area (Å²) < 4.78 is 12.1. The number of hydrogen-bond acceptors (Lipinski definition) is 5. The average Bonchev–Trinajstić information content (AvgIpc) is 2.96. The second-order valence-corrected chi connectivity index (χ2v) is 9.01. The minimum atomic E-state index is -0.202. The predicted octanol–water partition coefficient (Wildman–Crippen LogP) is 6.03. The first-order valence-electron chi connectivity index (χ1n) is 9.98. The molecule has 2 aliphatic rings. The van der Waals surface area contributed by atoms with E-state index >= 15 is 0 Å². The molecular formula is C22H26BrNO4S. The van der Waals surface area contributed by atoms with Crippen LogP contribution in [0.15, 0.2) is 34.2 Å². The Morgan fingerprint density at radius 2 is 2.00 bits per heavy atom. The summed E-state index contributed by atoms with van der Waals surface area (Å²) in [7, 11) is 0. The van der Waals surface area contributed by atoms with Crippen molar-refractivity contribution in [3.8, 4) is 11.5 Å². The topological polar surface area (TPSA) is 55.8 Å². The lowest BCUT2D eigenvalue weighted by Crippen LogP contribution is -2.34. The van der Waals surface area contributed by atoms with E-state index in [1.165, 1.54) is 24.2 Å². The summed E-state index contributed by atoms with van der Waals surface area (Å²) in [6.45, 7) is 6.94. The van der Waals surface area contributed by atoms with Crippen molar-refractivity contribution in [2.24, 2.45) is 5.92 Å². The van der Waals surface area contributed by atoms with Gasteiger partial charge in [0.05, 0.1) is 16.0 Å². The van der Waals surface area contributed by atoms with Crippen LogP contribution < -0.4 is 9.47 Å². The molecule has 1 saturated carbocycles. The van der Waals surface area contributed by atoms with Gasteiger partial charge in [0.25, 0.3) is 11.1 Å². The lowest BCUT2D eigenvalue weighted by molar-refractivity contribution is -0.123. The Bertz CT molecular complexity index is 817. The highest BCUT2D eigenvalue weighted by molar-refractivity contribution is 9.10. The third kappa shape index (κ3) is 5.45. The van der Waals surface area contributed by atoms with E-state index in [-0.39, 0.29) is 11.1 Å². The molecule has 0 aromatic heterocycles. The molecule has 7 heteroatoms. The van der Waals surface area contributed by atoms with Gasteiger partial charge in [0.2, 0.25) is 0 Å². The lowest BCUT2D eigenvalue weighted by Gasteiger charge is -2.25. The molecule has 2 amide bonds. The molecule has 2 fully saturated rings. The van der Waals surface area contributed by atoms with E-state index in [0.29, 0.717) is 42.1 Å². The average molecular weight is 480 g/mol. The fourth-order valence-electron chi connectivity index (χ4n) is 3.65. The quantitative estimate of drug-likeness (QED) is 0.336. The van der Waals surface area contributed by atoms with Gasteiger partial charge in [-0.15, -0.1) is 0 Å². The maximum Gasteiger partial charge on any atom is 0.293 e. The van der Waals surface area contributed by atoms with Crippen molar-refractivity contribution < 1.29 is 19.1 Å². The molecular weight excluding hydrogens is 454 g/mol. The molecule has 1 saturated heterocycles. The molecule has 1 aliphatic heterocycles. The summed E-state index contributed by atoms with van der Waals surface area (Å²) in [4.78, 5) is 27.1. The minimum absolute atomic E-state index is 0.179. The van der Waals surface area contributed by atoms with Crippen LogP contribution in [0.5, 0.6) is 11.5 Å². The van der Waals surface area contributed by atoms with Crippen LogP contribution in [0.4, 0.5) is 4.79 Å². The molecule has 0 radical (unpaired) electrons. The summed E-state index contributed by atoms with van der Waals surface area (Å²) in [6, 6.07) is 3.68. The van der Waals surface area contributed by atoms with E-state index in [0.717, 1.165) is 34.6 Å². The zero-order valence-electron chi connectivity index (χ0n) is 16.6. The minimum Gasteiger partial charge on any atom is -0.490 e. The number of rotatable bonds is 8. The van der Waals surface area contributed by atoms with Gasteiger partial charge >= 0.3 is 0 Å². The van der Waals surface area contributed by atoms with Crippen LogP contribution in [0.3, 0.4) is 0 Å². The van der Waals surface area contributed by atoms with Crippen molar-refractivity contribution in [1.82, 2.24) is 4.90 Å². The fraction of sp³-hybridized carbons (Fsp3) is 0.455. The Hall–Kier alpha value is -1.73. The first-order chi connectivity index (χ1) is 14.0. The first kappa shape index (κ1) is 22.0. The highest BCUT2D eigenvalue weighted by Crippen LogP contribution is 2.40. The van der Waals surface area contributed by atoms with Gasteiger partial charge in [0.15, 0.2) is 11.5 Å². The Morgan fingerprint density at radius 1 is 1.24 bits per heavy atom. The smallest absolute Gasteiger partial charge is 0.293 e. The van der Waals surface area contributed by atoms with Gasteiger partial charge in [-0.2, -0.15) is 0 Å². The van der Waals surface area contributed by atoms with Crippen molar-refractivity contribution in [3.63, 3.8) is 0 Å². The molecule has 0 N–H and O–H groups in total. The zero-order chi connectivity index (χ0) is 20.8. The maximum atomic E-state index is 12.8. The Kier molecular flexibility index (Phi) is 7.84. The van der Waals surface area contributed by atoms with E-state index in [4.69, 9.17) is 9.47 Å². The van der Waals surface area contributed by atoms with Crippen molar-refractivity contribution in [1.29, 1.82) is 0 Å². The third-order valence-electron chi connectivity index (χ3n) is 5.01. The van der Waals surface area contributed by atoms with Crippen molar-refractivity contribution in [3.05, 3.63) is 39.7 Å². The van der Waals surface area contributed by atoms with Gasteiger partial charge < -0.3 is 9.47 Å². The van der Waals surface area contributed by atoms with Crippen molar-refractivity contribution in [2.45, 2.75) is 39.0 Å². The van der Waals surface area contributed by atoms with Crippen LogP contribution in [0, 0.1) is 5.92 Å². The number of carbonyl (C=O) groups is 2. The fourth-order valence-corrected chi connectivity index (χ4v) is 5.08. The molecule has 1 aromatic rings. The number of ether oxygens (including phenoxy) is 2. The lowest BCUT2D eigenvalue weighted by atomic mass is 9.89. The number of imide groups is 1. The third-order valence-corrected chi connectivity index (χ3v) is 6.51. The molecule has 5 nitrogen and oxygen atoms in total. The van der Waals surface area contributed by atoms with Gasteiger partial charge in [-0.3, -0.25) is 14.5 Å². The number of nitrogens with zero attached hydrogens (tertiary/aromatic N) is 1. The zero-order valence-corrected chi connectivity index (χ0v) is 19.0. The van der Waals surface area contributed by atoms with Crippen LogP contribution in [0.25, 0.3) is 6.08 Å². The predicted molar refractivity (Wildman–Crippen MR) is 120 cm³/mol. The number of benzene rings is 1. The Labute approximate surface area is 184 Å². The number of amides is 2. The standard InChI is InChI=1S/C22H26BrNO4S/c1-3-10-28-20-17(23)11-16(12-18(20)27-4-2)13-19-21(25)24(22(26)29-19)14-15-8-6-5-7-9-15/h3,11-13,15H,1,4-10,14H2,2H3/b19-13+. The SMILES string of the molecule is C=CCOc1c(Br)cc(/C=C2/SC(=O)N(CC3CCCCC3)C2=O)cc1OCC. The van der Waals surface area contributed by atoms with Gasteiger partial charge in [-0.1, -0.05) is 31.9 Å². The van der Waals surface area contributed by atoms with E-state index in [1.54, 1.807) is 12.2 Å². The largest absolute Gasteiger partial charge is 0.490 e. The molecule has 0 unspecified atom stereocenters. The molecule has 1 aliphatic carbocycles. The van der Waals surface area contributed by atoms with Gasteiger partial charge in [0.1, 0.15) is 6.61 Å². The summed E-state index contributed by atoms with van der Waals surface area (Å²) in [6.07, 6.45) is 9.22. The highest BCUT2D eigenvalue weighted by Gasteiger charge is 2.36. The van der Waals surface area contributed by atoms with Crippen LogP contribution in [-0.4, -0.2) is 35.8 Å². The van der Waals surface area contributed by atoms with Crippen LogP contribution in [0.1, 0.15) is 44.6 Å². The van der Waals surface area contributed by atoms with Crippen LogP contribution in [0.2, 0.25) is 0 Å². The first-order valence-corrected chi connectivity index (χ1v) is 11.6. The van der Waals surface area contributed by atoms with Gasteiger partial charge in [0, 0.05) is 6.54 Å². The van der Waals surface area contributed by atoms with E-state index in [9.17, 15) is 9.59 Å². The molecule has 1 heterocycles. The number of carbonyl (C=O) groups excluding carboxylic acids is 2. The number of hydrogen-bond donors (Lipinski definition) is 0. The van der Waals surface area contributed by atoms with Gasteiger partial charge in [-0.25, -0.2) is 0 Å². The second-order valence-electron chi connectivity index (χ2n) is 7.16. The summed E-state index contributed by atoms with van der Waals surface area (Å²) in [5.74, 6) is 1.40. The van der Waals surface area contributed by atoms with Crippen LogP contribution in [-0.2, 0) is 4.79 Å². The second kappa shape index (κ2) is 10.3. The monoisotopic (exact) mass is 479 g/mol. The molecule has 3 rings (SSSR count). The number of thioether (sulfide) groups is 1. The molecule has 0 bridgehead atoms. The molecule has 0 atom stereocenters. The maximum absolute atomic E-state index is 12.8. The van der Waals surface area contributed by atoms with Crippen molar-refractivity contribution in [2.75, 3.05) is 19.8 Å². The molecule has 0 spiro atoms. The Balaban J connectivity index is 1.80. The Morgan fingerprint density at radius 3 is 2.69 bits per heavy atom. The van der Waals surface area contributed by atoms with E-state index in [1.807, 2.05) is 19.1 Å². The van der Waals surface area contributed by atoms with E-state index < -0.39 is 0 Å². The van der Waals surface area contributed by atoms with Crippen LogP contribution >= 0.6 is 27.7 Å². The van der Waals surface area contributed by atoms with E-state index in [2.05, 4.69) is 22.5 Å². The van der Waals surface area contributed by atoms with Gasteiger partial charge in [-0.05, 0) is 77.1 Å². The molecule has 1 aromatic carbocycles. The normalized spacial score (nSPS) is 19.1. The van der Waals surface area contributed by atoms with Crippen molar-refractivity contribution >= 4 is 44.9 Å². The molecule has 29 heavy (non-hydrogen) atoms. The summed E-state index contributed by atoms with van der Waals surface area (Å²) in [5.41, 5.74) is 0.773. The summed E-state index contributed by atoms with van der Waals surface area (Å²) in [5, 5.41) is -0.179. The summed E-state index contributed by atoms with van der Waals surface area (Å²) >= 11 is 4.52. The number of halogens is 1. The highest BCUT2D eigenvalue weighted by atomic mass is 79.9.